The minimum Gasteiger partial charge on any atom is -0.459 e. The van der Waals surface area contributed by atoms with Crippen molar-refractivity contribution >= 4 is 39.6 Å². The van der Waals surface area contributed by atoms with Gasteiger partial charge in [0.2, 0.25) is 5.72 Å². The van der Waals surface area contributed by atoms with Gasteiger partial charge in [-0.2, -0.15) is 0 Å². The molecule has 0 N–H and O–H groups in total. The van der Waals surface area contributed by atoms with Crippen LogP contribution in [0.15, 0.2) is 35.3 Å². The van der Waals surface area contributed by atoms with Gasteiger partial charge in [-0.15, -0.1) is 0 Å². The summed E-state index contributed by atoms with van der Waals surface area (Å²) >= 11 is 3.71. The molecule has 1 aliphatic carbocycles. The van der Waals surface area contributed by atoms with E-state index in [9.17, 15) is 0 Å². The van der Waals surface area contributed by atoms with E-state index in [1.807, 2.05) is 0 Å². The van der Waals surface area contributed by atoms with E-state index >= 15 is 0 Å². The molecule has 1 spiro atoms. The van der Waals surface area contributed by atoms with Crippen LogP contribution in [-0.4, -0.2) is 37.0 Å². The summed E-state index contributed by atoms with van der Waals surface area (Å²) in [5.74, 6) is 0.947. The summed E-state index contributed by atoms with van der Waals surface area (Å²) in [4.78, 5) is 9.92. The molecule has 0 amide bonds. The predicted octanol–water partition coefficient (Wildman–Crippen LogP) is 6.60. The van der Waals surface area contributed by atoms with Crippen molar-refractivity contribution in [2.45, 2.75) is 63.6 Å². The third-order valence-electron chi connectivity index (χ3n) is 7.89. The van der Waals surface area contributed by atoms with Crippen LogP contribution in [0.1, 0.15) is 61.9 Å². The SMILES string of the molecule is CCN(CC)Cc1cc2c(c3c1OC1(C=N3)N(C)c3cccc(CBr)c3C1(C)C)C=CCC2. The van der Waals surface area contributed by atoms with Crippen molar-refractivity contribution < 1.29 is 4.74 Å². The maximum atomic E-state index is 7.18. The number of hydrogen-bond acceptors (Lipinski definition) is 4. The molecule has 5 rings (SSSR count). The molecule has 4 nitrogen and oxygen atoms in total. The van der Waals surface area contributed by atoms with E-state index in [1.54, 1.807) is 0 Å². The molecule has 0 bridgehead atoms. The molecule has 1 unspecified atom stereocenters. The Morgan fingerprint density at radius 1 is 1.18 bits per heavy atom. The molecule has 3 aliphatic rings. The molecule has 2 aromatic rings. The highest BCUT2D eigenvalue weighted by Crippen LogP contribution is 2.56. The van der Waals surface area contributed by atoms with Crippen LogP contribution in [0.2, 0.25) is 0 Å². The molecule has 0 fully saturated rings. The van der Waals surface area contributed by atoms with E-state index in [0.717, 1.165) is 49.2 Å². The van der Waals surface area contributed by atoms with Crippen molar-refractivity contribution in [2.75, 3.05) is 25.0 Å². The van der Waals surface area contributed by atoms with Crippen molar-refractivity contribution in [2.24, 2.45) is 4.99 Å². The largest absolute Gasteiger partial charge is 0.459 e. The van der Waals surface area contributed by atoms with E-state index < -0.39 is 5.72 Å². The number of benzene rings is 2. The van der Waals surface area contributed by atoms with Gasteiger partial charge in [-0.3, -0.25) is 9.89 Å². The fourth-order valence-electron chi connectivity index (χ4n) is 5.91. The molecular weight excluding hydrogens is 474 g/mol. The Labute approximate surface area is 206 Å². The highest BCUT2D eigenvalue weighted by Gasteiger charge is 2.59. The minimum atomic E-state index is -0.675. The maximum absolute atomic E-state index is 7.18. The second kappa shape index (κ2) is 8.28. The van der Waals surface area contributed by atoms with Gasteiger partial charge in [0.15, 0.2) is 5.75 Å². The van der Waals surface area contributed by atoms with E-state index in [1.165, 1.54) is 33.5 Å². The predicted molar refractivity (Wildman–Crippen MR) is 142 cm³/mol. The van der Waals surface area contributed by atoms with Gasteiger partial charge in [-0.05, 0) is 62.5 Å². The number of rotatable bonds is 5. The number of aliphatic imine (C=N–C) groups is 1. The fourth-order valence-corrected chi connectivity index (χ4v) is 6.38. The second-order valence-corrected chi connectivity index (χ2v) is 10.4. The number of aryl methyl sites for hydroxylation is 1. The van der Waals surface area contributed by atoms with Crippen LogP contribution in [0, 0.1) is 0 Å². The van der Waals surface area contributed by atoms with Crippen molar-refractivity contribution in [1.29, 1.82) is 0 Å². The lowest BCUT2D eigenvalue weighted by Crippen LogP contribution is -2.61. The Balaban J connectivity index is 1.69. The zero-order chi connectivity index (χ0) is 23.4. The lowest BCUT2D eigenvalue weighted by Gasteiger charge is -2.46. The first-order valence-corrected chi connectivity index (χ1v) is 13.2. The third-order valence-corrected chi connectivity index (χ3v) is 8.49. The van der Waals surface area contributed by atoms with Crippen molar-refractivity contribution in [1.82, 2.24) is 4.90 Å². The summed E-state index contributed by atoms with van der Waals surface area (Å²) in [5.41, 5.74) is 7.77. The Kier molecular flexibility index (Phi) is 5.69. The zero-order valence-corrected chi connectivity index (χ0v) is 22.0. The number of fused-ring (bicyclic) bond motifs is 4. The lowest BCUT2D eigenvalue weighted by atomic mass is 9.75. The summed E-state index contributed by atoms with van der Waals surface area (Å²) in [6.07, 6.45) is 8.72. The summed E-state index contributed by atoms with van der Waals surface area (Å²) in [5, 5.41) is 0.822. The topological polar surface area (TPSA) is 28.1 Å². The maximum Gasteiger partial charge on any atom is 0.228 e. The van der Waals surface area contributed by atoms with Crippen molar-refractivity contribution in [3.05, 3.63) is 58.2 Å². The first kappa shape index (κ1) is 22.7. The van der Waals surface area contributed by atoms with Crippen LogP contribution in [-0.2, 0) is 23.7 Å². The molecule has 0 saturated heterocycles. The average molecular weight is 509 g/mol. The number of alkyl halides is 1. The van der Waals surface area contributed by atoms with Crippen LogP contribution >= 0.6 is 15.9 Å². The molecule has 2 aromatic carbocycles. The molecule has 0 radical (unpaired) electrons. The Bertz CT molecular complexity index is 1150. The van der Waals surface area contributed by atoms with Crippen LogP contribution in [0.3, 0.4) is 0 Å². The van der Waals surface area contributed by atoms with Crippen molar-refractivity contribution in [3.8, 4) is 5.75 Å². The summed E-state index contributed by atoms with van der Waals surface area (Å²) in [7, 11) is 2.14. The Hall–Kier alpha value is -2.11. The van der Waals surface area contributed by atoms with E-state index in [-0.39, 0.29) is 5.41 Å². The smallest absolute Gasteiger partial charge is 0.228 e. The molecule has 2 heterocycles. The molecule has 0 aromatic heterocycles. The van der Waals surface area contributed by atoms with Crippen LogP contribution < -0.4 is 9.64 Å². The number of hydrogen-bond donors (Lipinski definition) is 0. The number of anilines is 1. The van der Waals surface area contributed by atoms with Crippen LogP contribution in [0.4, 0.5) is 11.4 Å². The summed E-state index contributed by atoms with van der Waals surface area (Å²) in [6.45, 7) is 11.9. The standard InChI is InChI=1S/C28H34BrN3O/c1-6-32(7-2)17-21-15-19-11-8-9-13-22(19)25-26(21)33-28(18-30-25)27(3,4)24-20(16-29)12-10-14-23(24)31(28)5/h9-10,12-15,18H,6-8,11,16-17H2,1-5H3. The molecule has 5 heteroatoms. The van der Waals surface area contributed by atoms with Gasteiger partial charge in [0, 0.05) is 35.7 Å². The highest BCUT2D eigenvalue weighted by atomic mass is 79.9. The number of allylic oxidation sites excluding steroid dienone is 1. The molecular formula is C28H34BrN3O. The zero-order valence-electron chi connectivity index (χ0n) is 20.4. The fraction of sp³-hybridized carbons (Fsp3) is 0.464. The normalized spacial score (nSPS) is 21.8. The second-order valence-electron chi connectivity index (χ2n) is 9.87. The number of halogens is 1. The molecule has 33 heavy (non-hydrogen) atoms. The van der Waals surface area contributed by atoms with Crippen LogP contribution in [0.25, 0.3) is 6.08 Å². The van der Waals surface area contributed by atoms with Gasteiger partial charge >= 0.3 is 0 Å². The molecule has 174 valence electrons. The van der Waals surface area contributed by atoms with Gasteiger partial charge in [0.1, 0.15) is 5.69 Å². The molecule has 1 atom stereocenters. The first-order chi connectivity index (χ1) is 15.9. The quantitative estimate of drug-likeness (QED) is 0.426. The summed E-state index contributed by atoms with van der Waals surface area (Å²) in [6, 6.07) is 8.94. The van der Waals surface area contributed by atoms with Gasteiger partial charge in [0.05, 0.1) is 11.6 Å². The number of ether oxygens (including phenoxy) is 1. The van der Waals surface area contributed by atoms with Gasteiger partial charge in [0.25, 0.3) is 0 Å². The molecule has 0 saturated carbocycles. The lowest BCUT2D eigenvalue weighted by molar-refractivity contribution is 0.0799. The minimum absolute atomic E-state index is 0.277. The average Bonchev–Trinajstić information content (AvgIpc) is 3.00. The van der Waals surface area contributed by atoms with Gasteiger partial charge in [-0.25, -0.2) is 0 Å². The number of likely N-dealkylation sites (N-methyl/N-ethyl adjacent to an activating group) is 1. The molecule has 2 aliphatic heterocycles. The van der Waals surface area contributed by atoms with E-state index in [2.05, 4.69) is 103 Å². The monoisotopic (exact) mass is 507 g/mol. The van der Waals surface area contributed by atoms with Crippen LogP contribution in [0.5, 0.6) is 5.75 Å². The Morgan fingerprint density at radius 2 is 1.97 bits per heavy atom. The van der Waals surface area contributed by atoms with Crippen molar-refractivity contribution in [3.63, 3.8) is 0 Å². The van der Waals surface area contributed by atoms with E-state index in [0.29, 0.717) is 0 Å². The Morgan fingerprint density at radius 3 is 2.70 bits per heavy atom. The van der Waals surface area contributed by atoms with Gasteiger partial charge in [-0.1, -0.05) is 60.1 Å². The highest BCUT2D eigenvalue weighted by molar-refractivity contribution is 9.08. The first-order valence-electron chi connectivity index (χ1n) is 12.1. The van der Waals surface area contributed by atoms with Gasteiger partial charge < -0.3 is 9.64 Å². The van der Waals surface area contributed by atoms with E-state index in [4.69, 9.17) is 9.73 Å². The third kappa shape index (κ3) is 3.23. The number of nitrogens with zero attached hydrogens (tertiary/aromatic N) is 3. The summed E-state index contributed by atoms with van der Waals surface area (Å²) < 4.78 is 7.18.